The second-order valence-electron chi connectivity index (χ2n) is 4.70. The molecule has 0 aliphatic carbocycles. The summed E-state index contributed by atoms with van der Waals surface area (Å²) in [6.07, 6.45) is -4.18. The molecule has 1 N–H and O–H groups in total. The van der Waals surface area contributed by atoms with Crippen molar-refractivity contribution in [1.29, 1.82) is 0 Å². The number of ether oxygens (including phenoxy) is 2. The third-order valence-electron chi connectivity index (χ3n) is 3.18. The lowest BCUT2D eigenvalue weighted by Gasteiger charge is -2.26. The fourth-order valence-electron chi connectivity index (χ4n) is 1.90. The summed E-state index contributed by atoms with van der Waals surface area (Å²) >= 11 is 0. The second-order valence-corrected chi connectivity index (χ2v) is 4.70. The standard InChI is InChI=1S/C12H22F3NO2/c1-3-5-16-11(10-4-6-17-7-10)8-18-9(2)12(13,14)15/h9-11,16H,3-8H2,1-2H3. The van der Waals surface area contributed by atoms with Crippen LogP contribution in [0.2, 0.25) is 0 Å². The first kappa shape index (κ1) is 15.7. The molecule has 3 nitrogen and oxygen atoms in total. The average molecular weight is 269 g/mol. The highest BCUT2D eigenvalue weighted by atomic mass is 19.4. The van der Waals surface area contributed by atoms with E-state index in [9.17, 15) is 13.2 Å². The quantitative estimate of drug-likeness (QED) is 0.769. The van der Waals surface area contributed by atoms with Crippen molar-refractivity contribution in [3.05, 3.63) is 0 Å². The van der Waals surface area contributed by atoms with Crippen molar-refractivity contribution in [2.45, 2.75) is 45.0 Å². The molecule has 0 aromatic rings. The number of alkyl halides is 3. The van der Waals surface area contributed by atoms with E-state index in [4.69, 9.17) is 9.47 Å². The normalized spacial score (nSPS) is 24.2. The Kier molecular flexibility index (Phi) is 6.38. The highest BCUT2D eigenvalue weighted by molar-refractivity contribution is 4.80. The summed E-state index contributed by atoms with van der Waals surface area (Å²) in [7, 11) is 0. The summed E-state index contributed by atoms with van der Waals surface area (Å²) in [6, 6.07) is -0.0581. The predicted molar refractivity (Wildman–Crippen MR) is 62.5 cm³/mol. The molecule has 1 rings (SSSR count). The molecular weight excluding hydrogens is 247 g/mol. The number of hydrogen-bond acceptors (Lipinski definition) is 3. The van der Waals surface area contributed by atoms with E-state index in [-0.39, 0.29) is 18.6 Å². The van der Waals surface area contributed by atoms with Crippen LogP contribution in [0.1, 0.15) is 26.7 Å². The van der Waals surface area contributed by atoms with E-state index in [1.807, 2.05) is 6.92 Å². The molecule has 0 radical (unpaired) electrons. The lowest BCUT2D eigenvalue weighted by atomic mass is 9.99. The molecule has 0 bridgehead atoms. The van der Waals surface area contributed by atoms with Crippen LogP contribution >= 0.6 is 0 Å². The molecule has 1 fully saturated rings. The maximum absolute atomic E-state index is 12.4. The van der Waals surface area contributed by atoms with Crippen molar-refractivity contribution in [3.8, 4) is 0 Å². The van der Waals surface area contributed by atoms with Gasteiger partial charge >= 0.3 is 6.18 Å². The minimum Gasteiger partial charge on any atom is -0.381 e. The number of rotatable bonds is 7. The van der Waals surface area contributed by atoms with Crippen molar-refractivity contribution in [1.82, 2.24) is 5.32 Å². The van der Waals surface area contributed by atoms with Gasteiger partial charge in [0.05, 0.1) is 13.2 Å². The Hall–Kier alpha value is -0.330. The number of nitrogens with one attached hydrogen (secondary N) is 1. The highest BCUT2D eigenvalue weighted by Crippen LogP contribution is 2.24. The largest absolute Gasteiger partial charge is 0.414 e. The van der Waals surface area contributed by atoms with Gasteiger partial charge in [0.2, 0.25) is 0 Å². The molecule has 0 spiro atoms. The van der Waals surface area contributed by atoms with Crippen LogP contribution in [0.5, 0.6) is 0 Å². The molecule has 0 aromatic carbocycles. The Morgan fingerprint density at radius 1 is 1.44 bits per heavy atom. The Labute approximate surface area is 106 Å². The third kappa shape index (κ3) is 5.12. The van der Waals surface area contributed by atoms with Gasteiger partial charge in [0.25, 0.3) is 0 Å². The number of hydrogen-bond donors (Lipinski definition) is 1. The van der Waals surface area contributed by atoms with Gasteiger partial charge in [-0.05, 0) is 26.3 Å². The van der Waals surface area contributed by atoms with Crippen LogP contribution < -0.4 is 5.32 Å². The summed E-state index contributed by atoms with van der Waals surface area (Å²) in [5, 5.41) is 3.25. The van der Waals surface area contributed by atoms with Crippen molar-refractivity contribution in [2.75, 3.05) is 26.4 Å². The van der Waals surface area contributed by atoms with E-state index in [2.05, 4.69) is 5.32 Å². The minimum atomic E-state index is -4.29. The average Bonchev–Trinajstić information content (AvgIpc) is 2.81. The maximum atomic E-state index is 12.4. The van der Waals surface area contributed by atoms with Gasteiger partial charge in [-0.25, -0.2) is 0 Å². The second kappa shape index (κ2) is 7.31. The van der Waals surface area contributed by atoms with Crippen LogP contribution in [0.25, 0.3) is 0 Å². The van der Waals surface area contributed by atoms with Crippen molar-refractivity contribution in [2.24, 2.45) is 5.92 Å². The van der Waals surface area contributed by atoms with Crippen molar-refractivity contribution < 1.29 is 22.6 Å². The fraction of sp³-hybridized carbons (Fsp3) is 1.00. The lowest BCUT2D eigenvalue weighted by molar-refractivity contribution is -0.216. The highest BCUT2D eigenvalue weighted by Gasteiger charge is 2.38. The van der Waals surface area contributed by atoms with Gasteiger partial charge in [-0.2, -0.15) is 13.2 Å². The topological polar surface area (TPSA) is 30.5 Å². The molecule has 0 amide bonds. The van der Waals surface area contributed by atoms with E-state index in [1.165, 1.54) is 0 Å². The van der Waals surface area contributed by atoms with E-state index in [0.717, 1.165) is 26.3 Å². The van der Waals surface area contributed by atoms with Crippen LogP contribution in [-0.2, 0) is 9.47 Å². The Balaban J connectivity index is 2.40. The molecule has 1 aliphatic rings. The molecule has 6 heteroatoms. The molecule has 3 unspecified atom stereocenters. The van der Waals surface area contributed by atoms with Gasteiger partial charge in [0.1, 0.15) is 0 Å². The lowest BCUT2D eigenvalue weighted by Crippen LogP contribution is -2.43. The van der Waals surface area contributed by atoms with Gasteiger partial charge in [-0.3, -0.25) is 0 Å². The van der Waals surface area contributed by atoms with Gasteiger partial charge in [0, 0.05) is 18.6 Å². The van der Waals surface area contributed by atoms with E-state index in [1.54, 1.807) is 0 Å². The molecule has 1 heterocycles. The maximum Gasteiger partial charge on any atom is 0.414 e. The molecule has 1 saturated heterocycles. The zero-order chi connectivity index (χ0) is 13.6. The first-order chi connectivity index (χ1) is 8.45. The molecule has 0 saturated carbocycles. The van der Waals surface area contributed by atoms with E-state index in [0.29, 0.717) is 13.2 Å². The molecule has 0 aromatic heterocycles. The minimum absolute atomic E-state index is 0.0581. The van der Waals surface area contributed by atoms with Crippen LogP contribution in [0.4, 0.5) is 13.2 Å². The summed E-state index contributed by atoms with van der Waals surface area (Å²) in [4.78, 5) is 0. The third-order valence-corrected chi connectivity index (χ3v) is 3.18. The van der Waals surface area contributed by atoms with Gasteiger partial charge in [0.15, 0.2) is 6.10 Å². The van der Waals surface area contributed by atoms with Crippen LogP contribution in [0.3, 0.4) is 0 Å². The Bertz CT molecular complexity index is 230. The molecule has 3 atom stereocenters. The van der Waals surface area contributed by atoms with Gasteiger partial charge < -0.3 is 14.8 Å². The molecule has 1 aliphatic heterocycles. The zero-order valence-electron chi connectivity index (χ0n) is 10.9. The predicted octanol–water partition coefficient (Wildman–Crippen LogP) is 2.36. The van der Waals surface area contributed by atoms with Crippen LogP contribution in [-0.4, -0.2) is 44.7 Å². The number of halogens is 3. The molecular formula is C12H22F3NO2. The zero-order valence-corrected chi connectivity index (χ0v) is 10.9. The van der Waals surface area contributed by atoms with E-state index >= 15 is 0 Å². The SMILES string of the molecule is CCCNC(COC(C)C(F)(F)F)C1CCOC1. The summed E-state index contributed by atoms with van der Waals surface area (Å²) in [5.41, 5.74) is 0. The van der Waals surface area contributed by atoms with E-state index < -0.39 is 12.3 Å². The monoisotopic (exact) mass is 269 g/mol. The van der Waals surface area contributed by atoms with Crippen molar-refractivity contribution in [3.63, 3.8) is 0 Å². The molecule has 18 heavy (non-hydrogen) atoms. The summed E-state index contributed by atoms with van der Waals surface area (Å²) in [6.45, 7) is 5.21. The van der Waals surface area contributed by atoms with Crippen LogP contribution in [0.15, 0.2) is 0 Å². The smallest absolute Gasteiger partial charge is 0.381 e. The molecule has 108 valence electrons. The Morgan fingerprint density at radius 2 is 2.17 bits per heavy atom. The Morgan fingerprint density at radius 3 is 2.67 bits per heavy atom. The first-order valence-corrected chi connectivity index (χ1v) is 6.44. The van der Waals surface area contributed by atoms with Gasteiger partial charge in [-0.15, -0.1) is 0 Å². The van der Waals surface area contributed by atoms with Gasteiger partial charge in [-0.1, -0.05) is 6.92 Å². The fourth-order valence-corrected chi connectivity index (χ4v) is 1.90. The summed E-state index contributed by atoms with van der Waals surface area (Å²) < 4.78 is 47.3. The van der Waals surface area contributed by atoms with Crippen molar-refractivity contribution >= 4 is 0 Å². The van der Waals surface area contributed by atoms with Crippen LogP contribution in [0, 0.1) is 5.92 Å². The summed E-state index contributed by atoms with van der Waals surface area (Å²) in [5.74, 6) is 0.247. The first-order valence-electron chi connectivity index (χ1n) is 6.44.